The molecule has 0 atom stereocenters. The summed E-state index contributed by atoms with van der Waals surface area (Å²) in [6.45, 7) is 4.24. The zero-order chi connectivity index (χ0) is 6.69. The third-order valence-corrected chi connectivity index (χ3v) is 1.35. The molecule has 0 amide bonds. The summed E-state index contributed by atoms with van der Waals surface area (Å²) in [5.41, 5.74) is 1.33. The standard InChI is InChI=1S/C9H11.Fe/c1-8(2)9-6-4-3-5-7-9;/h3-7H,1-2H3;/q-1;. The smallest absolute Gasteiger partial charge is 0 e. The Labute approximate surface area is 73.1 Å². The van der Waals surface area contributed by atoms with Gasteiger partial charge in [0.2, 0.25) is 0 Å². The molecule has 0 aliphatic carbocycles. The molecule has 1 aromatic carbocycles. The van der Waals surface area contributed by atoms with Gasteiger partial charge in [-0.25, -0.2) is 0 Å². The SMILES string of the molecule is C[C-](C)c1ccccc1.[Fe]. The minimum absolute atomic E-state index is 0. The summed E-state index contributed by atoms with van der Waals surface area (Å²) in [6.07, 6.45) is 0. The maximum absolute atomic E-state index is 2.12. The summed E-state index contributed by atoms with van der Waals surface area (Å²) in [5, 5.41) is 0. The Balaban J connectivity index is 0.000000810. The van der Waals surface area contributed by atoms with E-state index in [0.29, 0.717) is 0 Å². The van der Waals surface area contributed by atoms with Crippen molar-refractivity contribution in [2.45, 2.75) is 13.8 Å². The summed E-state index contributed by atoms with van der Waals surface area (Å²) < 4.78 is 0. The molecule has 0 spiro atoms. The van der Waals surface area contributed by atoms with Gasteiger partial charge in [0.1, 0.15) is 0 Å². The summed E-state index contributed by atoms with van der Waals surface area (Å²) in [6, 6.07) is 10.4. The van der Waals surface area contributed by atoms with E-state index in [1.807, 2.05) is 6.07 Å². The van der Waals surface area contributed by atoms with Crippen molar-refractivity contribution in [3.8, 4) is 0 Å². The van der Waals surface area contributed by atoms with Gasteiger partial charge in [-0.05, 0) is 0 Å². The van der Waals surface area contributed by atoms with E-state index in [4.69, 9.17) is 0 Å². The van der Waals surface area contributed by atoms with Crippen LogP contribution in [0.15, 0.2) is 30.3 Å². The van der Waals surface area contributed by atoms with Gasteiger partial charge in [0.25, 0.3) is 0 Å². The summed E-state index contributed by atoms with van der Waals surface area (Å²) in [5.74, 6) is 1.37. The van der Waals surface area contributed by atoms with E-state index < -0.39 is 0 Å². The molecule has 0 N–H and O–H groups in total. The molecule has 0 saturated heterocycles. The average molecular weight is 175 g/mol. The number of rotatable bonds is 1. The molecule has 0 unspecified atom stereocenters. The number of hydrogen-bond donors (Lipinski definition) is 0. The molecule has 0 aliphatic rings. The van der Waals surface area contributed by atoms with Gasteiger partial charge in [-0.1, -0.05) is 19.9 Å². The van der Waals surface area contributed by atoms with Crippen molar-refractivity contribution in [3.63, 3.8) is 0 Å². The molecule has 0 aliphatic heterocycles. The van der Waals surface area contributed by atoms with Crippen LogP contribution < -0.4 is 0 Å². The van der Waals surface area contributed by atoms with E-state index in [-0.39, 0.29) is 17.1 Å². The van der Waals surface area contributed by atoms with Crippen LogP contribution in [0.4, 0.5) is 0 Å². The van der Waals surface area contributed by atoms with Crippen LogP contribution in [0, 0.1) is 5.92 Å². The Morgan fingerprint density at radius 2 is 1.50 bits per heavy atom. The van der Waals surface area contributed by atoms with E-state index in [2.05, 4.69) is 38.1 Å². The van der Waals surface area contributed by atoms with Crippen molar-refractivity contribution in [2.75, 3.05) is 0 Å². The van der Waals surface area contributed by atoms with Gasteiger partial charge < -0.3 is 0 Å². The maximum Gasteiger partial charge on any atom is 0 e. The van der Waals surface area contributed by atoms with Gasteiger partial charge in [0.15, 0.2) is 0 Å². The molecule has 0 radical (unpaired) electrons. The molecule has 1 aromatic rings. The number of benzene rings is 1. The van der Waals surface area contributed by atoms with Crippen LogP contribution in [-0.2, 0) is 17.1 Å². The minimum atomic E-state index is 0. The van der Waals surface area contributed by atoms with Crippen LogP contribution >= 0.6 is 0 Å². The second kappa shape index (κ2) is 4.43. The Morgan fingerprint density at radius 3 is 1.80 bits per heavy atom. The van der Waals surface area contributed by atoms with Gasteiger partial charge in [0.05, 0.1) is 0 Å². The first-order valence-electron chi connectivity index (χ1n) is 3.16. The molecule has 1 rings (SSSR count). The zero-order valence-electron chi connectivity index (χ0n) is 6.24. The molecule has 0 saturated carbocycles. The quantitative estimate of drug-likeness (QED) is 0.454. The monoisotopic (exact) mass is 175 g/mol. The molecule has 10 heavy (non-hydrogen) atoms. The minimum Gasteiger partial charge on any atom is -0.189 e. The predicted octanol–water partition coefficient (Wildman–Crippen LogP) is 2.65. The van der Waals surface area contributed by atoms with E-state index in [0.717, 1.165) is 0 Å². The van der Waals surface area contributed by atoms with E-state index >= 15 is 0 Å². The predicted molar refractivity (Wildman–Crippen MR) is 40.1 cm³/mol. The third kappa shape index (κ3) is 2.47. The first-order valence-corrected chi connectivity index (χ1v) is 3.16. The second-order valence-electron chi connectivity index (χ2n) is 2.37. The van der Waals surface area contributed by atoms with E-state index in [1.165, 1.54) is 11.5 Å². The van der Waals surface area contributed by atoms with Crippen molar-refractivity contribution in [3.05, 3.63) is 41.8 Å². The molecule has 0 aromatic heterocycles. The van der Waals surface area contributed by atoms with Crippen molar-refractivity contribution in [2.24, 2.45) is 0 Å². The molecule has 1 heteroatoms. The Hall–Kier alpha value is -0.391. The van der Waals surface area contributed by atoms with Crippen LogP contribution in [0.1, 0.15) is 19.4 Å². The molecule has 0 nitrogen and oxygen atoms in total. The molecular weight excluding hydrogens is 164 g/mol. The van der Waals surface area contributed by atoms with Crippen LogP contribution in [0.2, 0.25) is 0 Å². The van der Waals surface area contributed by atoms with Crippen molar-refractivity contribution in [1.29, 1.82) is 0 Å². The van der Waals surface area contributed by atoms with Crippen LogP contribution in [0.3, 0.4) is 0 Å². The van der Waals surface area contributed by atoms with Crippen LogP contribution in [0.5, 0.6) is 0 Å². The van der Waals surface area contributed by atoms with E-state index in [9.17, 15) is 0 Å². The molecule has 0 heterocycles. The van der Waals surface area contributed by atoms with Crippen LogP contribution in [-0.4, -0.2) is 0 Å². The summed E-state index contributed by atoms with van der Waals surface area (Å²) in [4.78, 5) is 0. The van der Waals surface area contributed by atoms with E-state index in [1.54, 1.807) is 0 Å². The fraction of sp³-hybridized carbons (Fsp3) is 0.222. The number of hydrogen-bond acceptors (Lipinski definition) is 0. The Kier molecular flexibility index (Phi) is 4.26. The van der Waals surface area contributed by atoms with Crippen LogP contribution in [0.25, 0.3) is 0 Å². The fourth-order valence-corrected chi connectivity index (χ4v) is 0.771. The molecule has 0 fully saturated rings. The van der Waals surface area contributed by atoms with Crippen molar-refractivity contribution < 1.29 is 17.1 Å². The molecular formula is C9H11Fe-. The molecule has 0 bridgehead atoms. The fourth-order valence-electron chi connectivity index (χ4n) is 0.771. The summed E-state index contributed by atoms with van der Waals surface area (Å²) >= 11 is 0. The van der Waals surface area contributed by atoms with Gasteiger partial charge >= 0.3 is 0 Å². The zero-order valence-corrected chi connectivity index (χ0v) is 7.34. The average Bonchev–Trinajstić information content (AvgIpc) is 1.90. The largest absolute Gasteiger partial charge is 0.189 e. The second-order valence-corrected chi connectivity index (χ2v) is 2.37. The van der Waals surface area contributed by atoms with Gasteiger partial charge in [-0.3, -0.25) is 0 Å². The van der Waals surface area contributed by atoms with Gasteiger partial charge in [-0.15, -0.1) is 12.1 Å². The van der Waals surface area contributed by atoms with Gasteiger partial charge in [0, 0.05) is 17.1 Å². The first kappa shape index (κ1) is 9.61. The topological polar surface area (TPSA) is 0 Å². The van der Waals surface area contributed by atoms with Crippen molar-refractivity contribution in [1.82, 2.24) is 0 Å². The first-order chi connectivity index (χ1) is 4.30. The van der Waals surface area contributed by atoms with Gasteiger partial charge in [-0.2, -0.15) is 23.6 Å². The maximum atomic E-state index is 2.12. The Bertz CT molecular complexity index is 167. The third-order valence-electron chi connectivity index (χ3n) is 1.35. The normalized spacial score (nSPS) is 8.20. The Morgan fingerprint density at radius 1 is 1.00 bits per heavy atom. The molecule has 56 valence electrons. The van der Waals surface area contributed by atoms with Crippen molar-refractivity contribution >= 4 is 0 Å². The summed E-state index contributed by atoms with van der Waals surface area (Å²) in [7, 11) is 0.